The number of hydrogen-bond donors (Lipinski definition) is 0. The molecule has 8 heteroatoms. The van der Waals surface area contributed by atoms with Crippen molar-refractivity contribution in [1.29, 1.82) is 0 Å². The molecule has 1 heterocycles. The van der Waals surface area contributed by atoms with Crippen molar-refractivity contribution in [2.45, 2.75) is 36.2 Å². The lowest BCUT2D eigenvalue weighted by Gasteiger charge is -2.28. The summed E-state index contributed by atoms with van der Waals surface area (Å²) in [6.07, 6.45) is 2.48. The van der Waals surface area contributed by atoms with Crippen molar-refractivity contribution >= 4 is 50.7 Å². The molecule has 1 atom stereocenters. The van der Waals surface area contributed by atoms with Crippen molar-refractivity contribution in [3.8, 4) is 0 Å². The summed E-state index contributed by atoms with van der Waals surface area (Å²) in [5.41, 5.74) is 0. The second-order valence-corrected chi connectivity index (χ2v) is 10.0. The van der Waals surface area contributed by atoms with Gasteiger partial charge in [0.15, 0.2) is 9.84 Å². The van der Waals surface area contributed by atoms with Crippen LogP contribution in [0.25, 0.3) is 0 Å². The Morgan fingerprint density at radius 1 is 1.22 bits per heavy atom. The van der Waals surface area contributed by atoms with Crippen LogP contribution in [0.3, 0.4) is 0 Å². The molecule has 1 amide bonds. The Hall–Kier alpha value is -0.430. The van der Waals surface area contributed by atoms with Crippen LogP contribution in [0.4, 0.5) is 0 Å². The summed E-state index contributed by atoms with van der Waals surface area (Å²) in [4.78, 5) is 15.2. The Balaban J connectivity index is 1.67. The molecule has 126 valence electrons. The molecule has 1 aromatic carbocycles. The van der Waals surface area contributed by atoms with Gasteiger partial charge >= 0.3 is 0 Å². The van der Waals surface area contributed by atoms with Gasteiger partial charge in [0.25, 0.3) is 0 Å². The second kappa shape index (κ2) is 6.82. The summed E-state index contributed by atoms with van der Waals surface area (Å²) in [7, 11) is -3.00. The first-order valence-corrected chi connectivity index (χ1v) is 11.0. The molecule has 2 fully saturated rings. The highest BCUT2D eigenvalue weighted by Gasteiger charge is 2.41. The number of carbonyl (C=O) groups excluding carboxylic acids is 1. The molecule has 23 heavy (non-hydrogen) atoms. The van der Waals surface area contributed by atoms with Gasteiger partial charge in [-0.05, 0) is 37.5 Å². The molecule has 0 aromatic heterocycles. The third-order valence-corrected chi connectivity index (χ3v) is 7.54. The van der Waals surface area contributed by atoms with E-state index < -0.39 is 9.84 Å². The Morgan fingerprint density at radius 2 is 1.96 bits per heavy atom. The van der Waals surface area contributed by atoms with Gasteiger partial charge in [0.2, 0.25) is 5.91 Å². The molecule has 1 aliphatic heterocycles. The minimum atomic E-state index is -3.00. The highest BCUT2D eigenvalue weighted by atomic mass is 35.5. The summed E-state index contributed by atoms with van der Waals surface area (Å²) >= 11 is 13.4. The van der Waals surface area contributed by atoms with Gasteiger partial charge in [-0.1, -0.05) is 23.2 Å². The lowest BCUT2D eigenvalue weighted by Crippen LogP contribution is -2.43. The van der Waals surface area contributed by atoms with Gasteiger partial charge < -0.3 is 4.90 Å². The van der Waals surface area contributed by atoms with E-state index in [1.54, 1.807) is 23.1 Å². The zero-order valence-electron chi connectivity index (χ0n) is 12.4. The zero-order chi connectivity index (χ0) is 16.6. The number of nitrogens with zero attached hydrogens (tertiary/aromatic N) is 1. The van der Waals surface area contributed by atoms with Crippen LogP contribution in [0.2, 0.25) is 10.0 Å². The third kappa shape index (κ3) is 4.35. The SMILES string of the molecule is O=C(CSc1cc(Cl)ccc1Cl)N(C1CC1)[C@H]1CCS(=O)(=O)C1. The fourth-order valence-electron chi connectivity index (χ4n) is 2.85. The molecule has 4 nitrogen and oxygen atoms in total. The van der Waals surface area contributed by atoms with Crippen LogP contribution in [0, 0.1) is 0 Å². The molecule has 1 aliphatic carbocycles. The first-order chi connectivity index (χ1) is 10.9. The number of rotatable bonds is 5. The van der Waals surface area contributed by atoms with Crippen LogP contribution in [0.1, 0.15) is 19.3 Å². The lowest BCUT2D eigenvalue weighted by molar-refractivity contribution is -0.130. The van der Waals surface area contributed by atoms with Gasteiger partial charge in [0.1, 0.15) is 0 Å². The van der Waals surface area contributed by atoms with E-state index in [1.165, 1.54) is 11.8 Å². The van der Waals surface area contributed by atoms with Crippen LogP contribution < -0.4 is 0 Å². The maximum absolute atomic E-state index is 12.6. The van der Waals surface area contributed by atoms with E-state index in [-0.39, 0.29) is 35.2 Å². The number of thioether (sulfide) groups is 1. The molecule has 0 N–H and O–H groups in total. The summed E-state index contributed by atoms with van der Waals surface area (Å²) in [5.74, 6) is 0.502. The van der Waals surface area contributed by atoms with Crippen LogP contribution in [0.15, 0.2) is 23.1 Å². The predicted molar refractivity (Wildman–Crippen MR) is 94.1 cm³/mol. The maximum atomic E-state index is 12.6. The van der Waals surface area contributed by atoms with Crippen LogP contribution >= 0.6 is 35.0 Å². The molecule has 0 spiro atoms. The molecule has 1 saturated carbocycles. The first kappa shape index (κ1) is 17.4. The monoisotopic (exact) mass is 393 g/mol. The maximum Gasteiger partial charge on any atom is 0.233 e. The zero-order valence-corrected chi connectivity index (χ0v) is 15.5. The number of hydrogen-bond acceptors (Lipinski definition) is 4. The molecule has 0 unspecified atom stereocenters. The molecule has 3 rings (SSSR count). The molecular formula is C15H17Cl2NO3S2. The van der Waals surface area contributed by atoms with Crippen LogP contribution in [-0.2, 0) is 14.6 Å². The third-order valence-electron chi connectivity index (χ3n) is 4.07. The van der Waals surface area contributed by atoms with Gasteiger partial charge in [0.05, 0.1) is 22.3 Å². The summed E-state index contributed by atoms with van der Waals surface area (Å²) in [6.45, 7) is 0. The van der Waals surface area contributed by atoms with Crippen molar-refractivity contribution in [1.82, 2.24) is 4.90 Å². The van der Waals surface area contributed by atoms with Crippen molar-refractivity contribution in [2.24, 2.45) is 0 Å². The molecule has 0 bridgehead atoms. The lowest BCUT2D eigenvalue weighted by atomic mass is 10.2. The first-order valence-electron chi connectivity index (χ1n) is 7.45. The average molecular weight is 394 g/mol. The molecule has 2 aliphatic rings. The summed E-state index contributed by atoms with van der Waals surface area (Å²) in [6, 6.07) is 5.18. The highest BCUT2D eigenvalue weighted by molar-refractivity contribution is 8.00. The number of halogens is 2. The van der Waals surface area contributed by atoms with Crippen molar-refractivity contribution in [2.75, 3.05) is 17.3 Å². The number of carbonyl (C=O) groups is 1. The minimum Gasteiger partial charge on any atom is -0.335 e. The smallest absolute Gasteiger partial charge is 0.233 e. The standard InChI is InChI=1S/C15H17Cl2NO3S2/c16-10-1-4-13(17)14(7-10)22-8-15(19)18(11-2-3-11)12-5-6-23(20,21)9-12/h1,4,7,11-12H,2-3,5-6,8-9H2/t12-/m0/s1. The fourth-order valence-corrected chi connectivity index (χ4v) is 5.93. The molecule has 1 aromatic rings. The second-order valence-electron chi connectivity index (χ2n) is 5.95. The Morgan fingerprint density at radius 3 is 2.57 bits per heavy atom. The highest BCUT2D eigenvalue weighted by Crippen LogP contribution is 2.34. The van der Waals surface area contributed by atoms with E-state index in [2.05, 4.69) is 0 Å². The summed E-state index contributed by atoms with van der Waals surface area (Å²) < 4.78 is 23.4. The van der Waals surface area contributed by atoms with Gasteiger partial charge in [-0.3, -0.25) is 4.79 Å². The predicted octanol–water partition coefficient (Wildman–Crippen LogP) is 3.26. The van der Waals surface area contributed by atoms with E-state index in [0.29, 0.717) is 16.5 Å². The molecular weight excluding hydrogens is 377 g/mol. The van der Waals surface area contributed by atoms with Crippen LogP contribution in [0.5, 0.6) is 0 Å². The Bertz CT molecular complexity index is 719. The van der Waals surface area contributed by atoms with Crippen molar-refractivity contribution in [3.05, 3.63) is 28.2 Å². The van der Waals surface area contributed by atoms with E-state index >= 15 is 0 Å². The van der Waals surface area contributed by atoms with Crippen LogP contribution in [-0.4, -0.2) is 48.6 Å². The van der Waals surface area contributed by atoms with Gasteiger partial charge in [-0.2, -0.15) is 0 Å². The Kier molecular flexibility index (Phi) is 5.16. The van der Waals surface area contributed by atoms with E-state index in [0.717, 1.165) is 17.7 Å². The molecule has 0 radical (unpaired) electrons. The average Bonchev–Trinajstić information content (AvgIpc) is 3.24. The minimum absolute atomic E-state index is 0.0179. The normalized spacial score (nSPS) is 23.0. The number of sulfone groups is 1. The van der Waals surface area contributed by atoms with Crippen molar-refractivity contribution < 1.29 is 13.2 Å². The largest absolute Gasteiger partial charge is 0.335 e. The quantitative estimate of drug-likeness (QED) is 0.720. The summed E-state index contributed by atoms with van der Waals surface area (Å²) in [5, 5.41) is 1.14. The molecule has 1 saturated heterocycles. The number of benzene rings is 1. The van der Waals surface area contributed by atoms with E-state index in [4.69, 9.17) is 23.2 Å². The van der Waals surface area contributed by atoms with Gasteiger partial charge in [0, 0.05) is 22.0 Å². The Labute approximate surface area is 150 Å². The van der Waals surface area contributed by atoms with Crippen molar-refractivity contribution in [3.63, 3.8) is 0 Å². The van der Waals surface area contributed by atoms with E-state index in [9.17, 15) is 13.2 Å². The van der Waals surface area contributed by atoms with E-state index in [1.807, 2.05) is 0 Å². The van der Waals surface area contributed by atoms with Gasteiger partial charge in [-0.15, -0.1) is 11.8 Å². The fraction of sp³-hybridized carbons (Fsp3) is 0.533. The number of amides is 1. The topological polar surface area (TPSA) is 54.5 Å². The van der Waals surface area contributed by atoms with Gasteiger partial charge in [-0.25, -0.2) is 8.42 Å².